The molecule has 0 spiro atoms. The molecule has 1 aromatic heterocycles. The molecule has 6 heteroatoms. The third kappa shape index (κ3) is 2.17. The summed E-state index contributed by atoms with van der Waals surface area (Å²) in [5, 5.41) is 17.3. The van der Waals surface area contributed by atoms with Crippen LogP contribution in [0.15, 0.2) is 47.8 Å². The maximum absolute atomic E-state index is 11.1. The molecule has 5 nitrogen and oxygen atoms in total. The molecule has 1 heterocycles. The molecule has 20 heavy (non-hydrogen) atoms. The van der Waals surface area contributed by atoms with Crippen LogP contribution in [0.5, 0.6) is 0 Å². The van der Waals surface area contributed by atoms with E-state index in [1.165, 1.54) is 10.8 Å². The van der Waals surface area contributed by atoms with E-state index in [2.05, 4.69) is 5.32 Å². The van der Waals surface area contributed by atoms with Crippen molar-refractivity contribution in [1.29, 1.82) is 0 Å². The van der Waals surface area contributed by atoms with E-state index in [1.807, 2.05) is 29.6 Å². The first-order chi connectivity index (χ1) is 9.65. The van der Waals surface area contributed by atoms with Gasteiger partial charge in [0.25, 0.3) is 0 Å². The molecule has 0 radical (unpaired) electrons. The topological polar surface area (TPSA) is 81.2 Å². The molecule has 2 aromatic carbocycles. The van der Waals surface area contributed by atoms with Crippen molar-refractivity contribution in [2.24, 2.45) is 0 Å². The Hall–Kier alpha value is -2.60. The van der Waals surface area contributed by atoms with Crippen molar-refractivity contribution in [3.8, 4) is 0 Å². The van der Waals surface area contributed by atoms with Gasteiger partial charge in [-0.25, -0.2) is 0 Å². The van der Waals surface area contributed by atoms with Crippen LogP contribution >= 0.6 is 11.3 Å². The van der Waals surface area contributed by atoms with Gasteiger partial charge in [-0.05, 0) is 47.2 Å². The van der Waals surface area contributed by atoms with Crippen molar-refractivity contribution in [3.63, 3.8) is 0 Å². The highest BCUT2D eigenvalue weighted by molar-refractivity contribution is 7.17. The average Bonchev–Trinajstić information content (AvgIpc) is 2.85. The minimum absolute atomic E-state index is 0.0992. The molecule has 0 amide bonds. The number of nitrogens with zero attached hydrogens (tertiary/aromatic N) is 1. The number of nitro benzene ring substituents is 1. The summed E-state index contributed by atoms with van der Waals surface area (Å²) in [7, 11) is 0. The Bertz CT molecular complexity index is 798. The number of thiophene rings is 1. The Morgan fingerprint density at radius 3 is 2.85 bits per heavy atom. The van der Waals surface area contributed by atoms with Gasteiger partial charge in [-0.1, -0.05) is 6.07 Å². The minimum Gasteiger partial charge on any atom is -0.393 e. The SMILES string of the molecule is Nc1cccc(Nc2ccc3sccc3c2)c1[N+](=O)[O-]. The summed E-state index contributed by atoms with van der Waals surface area (Å²) >= 11 is 1.66. The van der Waals surface area contributed by atoms with Crippen molar-refractivity contribution >= 4 is 44.2 Å². The molecule has 0 aliphatic carbocycles. The zero-order valence-corrected chi connectivity index (χ0v) is 11.2. The average molecular weight is 285 g/mol. The van der Waals surface area contributed by atoms with Crippen LogP contribution < -0.4 is 11.1 Å². The molecule has 0 aliphatic heterocycles. The van der Waals surface area contributed by atoms with Crippen molar-refractivity contribution in [2.75, 3.05) is 11.1 Å². The van der Waals surface area contributed by atoms with E-state index < -0.39 is 4.92 Å². The monoisotopic (exact) mass is 285 g/mol. The number of nitrogen functional groups attached to an aromatic ring is 1. The van der Waals surface area contributed by atoms with Crippen LogP contribution in [0, 0.1) is 10.1 Å². The third-order valence-corrected chi connectivity index (χ3v) is 3.88. The Morgan fingerprint density at radius 2 is 2.05 bits per heavy atom. The summed E-state index contributed by atoms with van der Waals surface area (Å²) in [6, 6.07) is 12.7. The molecule has 0 fully saturated rings. The number of hydrogen-bond acceptors (Lipinski definition) is 5. The maximum Gasteiger partial charge on any atom is 0.315 e. The van der Waals surface area contributed by atoms with E-state index in [-0.39, 0.29) is 11.4 Å². The molecule has 0 bridgehead atoms. The number of anilines is 3. The van der Waals surface area contributed by atoms with Gasteiger partial charge in [-0.3, -0.25) is 10.1 Å². The quantitative estimate of drug-likeness (QED) is 0.430. The smallest absolute Gasteiger partial charge is 0.315 e. The second-order valence-electron chi connectivity index (χ2n) is 4.30. The van der Waals surface area contributed by atoms with Crippen molar-refractivity contribution < 1.29 is 4.92 Å². The zero-order chi connectivity index (χ0) is 14.1. The molecule has 0 saturated heterocycles. The summed E-state index contributed by atoms with van der Waals surface area (Å²) in [4.78, 5) is 10.6. The molecular formula is C14H11N3O2S. The second kappa shape index (κ2) is 4.82. The first-order valence-corrected chi connectivity index (χ1v) is 6.80. The molecule has 3 rings (SSSR count). The van der Waals surface area contributed by atoms with E-state index in [9.17, 15) is 10.1 Å². The highest BCUT2D eigenvalue weighted by Gasteiger charge is 2.17. The molecule has 0 atom stereocenters. The molecule has 0 saturated carbocycles. The lowest BCUT2D eigenvalue weighted by molar-refractivity contribution is -0.383. The zero-order valence-electron chi connectivity index (χ0n) is 10.4. The van der Waals surface area contributed by atoms with Gasteiger partial charge in [-0.15, -0.1) is 11.3 Å². The lowest BCUT2D eigenvalue weighted by Gasteiger charge is -2.08. The Labute approximate surface area is 118 Å². The number of nitrogens with two attached hydrogens (primary N) is 1. The van der Waals surface area contributed by atoms with Gasteiger partial charge >= 0.3 is 5.69 Å². The Morgan fingerprint density at radius 1 is 1.20 bits per heavy atom. The summed E-state index contributed by atoms with van der Waals surface area (Å²) in [5.74, 6) is 0. The van der Waals surface area contributed by atoms with Crippen LogP contribution in [-0.2, 0) is 0 Å². The van der Waals surface area contributed by atoms with Gasteiger partial charge in [0.2, 0.25) is 0 Å². The predicted octanol–water partition coefficient (Wildman–Crippen LogP) is 4.14. The van der Waals surface area contributed by atoms with E-state index in [0.29, 0.717) is 5.69 Å². The second-order valence-corrected chi connectivity index (χ2v) is 5.25. The van der Waals surface area contributed by atoms with E-state index >= 15 is 0 Å². The van der Waals surface area contributed by atoms with Gasteiger partial charge < -0.3 is 11.1 Å². The van der Waals surface area contributed by atoms with Crippen LogP contribution in [0.1, 0.15) is 0 Å². The number of para-hydroxylation sites is 1. The largest absolute Gasteiger partial charge is 0.393 e. The van der Waals surface area contributed by atoms with Gasteiger partial charge in [-0.2, -0.15) is 0 Å². The standard InChI is InChI=1S/C14H11N3O2S/c15-11-2-1-3-12(14(11)17(18)19)16-10-4-5-13-9(8-10)6-7-20-13/h1-8,16H,15H2. The highest BCUT2D eigenvalue weighted by atomic mass is 32.1. The first-order valence-electron chi connectivity index (χ1n) is 5.92. The summed E-state index contributed by atoms with van der Waals surface area (Å²) in [5.41, 5.74) is 6.91. The predicted molar refractivity (Wildman–Crippen MR) is 82.6 cm³/mol. The van der Waals surface area contributed by atoms with Crippen molar-refractivity contribution in [3.05, 3.63) is 58.0 Å². The summed E-state index contributed by atoms with van der Waals surface area (Å²) in [6.07, 6.45) is 0. The number of hydrogen-bond donors (Lipinski definition) is 2. The third-order valence-electron chi connectivity index (χ3n) is 2.98. The fourth-order valence-corrected chi connectivity index (χ4v) is 2.84. The molecule has 3 aromatic rings. The number of fused-ring (bicyclic) bond motifs is 1. The summed E-state index contributed by atoms with van der Waals surface area (Å²) in [6.45, 7) is 0. The Balaban J connectivity index is 2.02. The van der Waals surface area contributed by atoms with Crippen LogP contribution in [0.25, 0.3) is 10.1 Å². The van der Waals surface area contributed by atoms with Crippen LogP contribution in [0.4, 0.5) is 22.7 Å². The van der Waals surface area contributed by atoms with Crippen LogP contribution in [-0.4, -0.2) is 4.92 Å². The minimum atomic E-state index is -0.471. The van der Waals surface area contributed by atoms with E-state index in [4.69, 9.17) is 5.73 Å². The number of rotatable bonds is 3. The van der Waals surface area contributed by atoms with Gasteiger partial charge in [0.05, 0.1) is 4.92 Å². The maximum atomic E-state index is 11.1. The molecule has 0 aliphatic rings. The Kier molecular flexibility index (Phi) is 3.00. The van der Waals surface area contributed by atoms with Crippen molar-refractivity contribution in [2.45, 2.75) is 0 Å². The molecule has 100 valence electrons. The van der Waals surface area contributed by atoms with Gasteiger partial charge in [0.1, 0.15) is 11.4 Å². The van der Waals surface area contributed by atoms with E-state index in [1.54, 1.807) is 23.5 Å². The van der Waals surface area contributed by atoms with Crippen LogP contribution in [0.3, 0.4) is 0 Å². The van der Waals surface area contributed by atoms with Crippen LogP contribution in [0.2, 0.25) is 0 Å². The van der Waals surface area contributed by atoms with E-state index in [0.717, 1.165) is 11.1 Å². The van der Waals surface area contributed by atoms with Crippen molar-refractivity contribution in [1.82, 2.24) is 0 Å². The molecule has 0 unspecified atom stereocenters. The van der Waals surface area contributed by atoms with Gasteiger partial charge in [0.15, 0.2) is 0 Å². The molecular weight excluding hydrogens is 274 g/mol. The number of nitrogens with one attached hydrogen (secondary N) is 1. The normalized spacial score (nSPS) is 10.6. The lowest BCUT2D eigenvalue weighted by Crippen LogP contribution is -2.00. The fraction of sp³-hybridized carbons (Fsp3) is 0. The van der Waals surface area contributed by atoms with Gasteiger partial charge in [0, 0.05) is 10.4 Å². The molecule has 3 N–H and O–H groups in total. The first kappa shape index (κ1) is 12.4. The number of benzene rings is 2. The summed E-state index contributed by atoms with van der Waals surface area (Å²) < 4.78 is 1.18. The lowest BCUT2D eigenvalue weighted by atomic mass is 10.2. The number of nitro groups is 1. The fourth-order valence-electron chi connectivity index (χ4n) is 2.07. The highest BCUT2D eigenvalue weighted by Crippen LogP contribution is 2.33.